The lowest BCUT2D eigenvalue weighted by molar-refractivity contribution is -0.157. The van der Waals surface area contributed by atoms with Crippen molar-refractivity contribution in [2.45, 2.75) is 12.5 Å². The van der Waals surface area contributed by atoms with Crippen molar-refractivity contribution >= 4 is 28.9 Å². The SMILES string of the molecule is Cn1cc(C[C@H](N)C(=O)OC(=O)C(C#N)=Cc2ccccc2F)c2ccccc21. The van der Waals surface area contributed by atoms with Gasteiger partial charge < -0.3 is 15.0 Å². The summed E-state index contributed by atoms with van der Waals surface area (Å²) in [5, 5.41) is 10.1. The molecule has 146 valence electrons. The van der Waals surface area contributed by atoms with Crippen LogP contribution in [0, 0.1) is 17.1 Å². The second-order valence-electron chi connectivity index (χ2n) is 6.49. The highest BCUT2D eigenvalue weighted by atomic mass is 19.1. The molecule has 0 amide bonds. The van der Waals surface area contributed by atoms with E-state index >= 15 is 0 Å². The number of nitrogens with zero attached hydrogens (tertiary/aromatic N) is 2. The molecule has 0 radical (unpaired) electrons. The average Bonchev–Trinajstić information content (AvgIpc) is 3.03. The molecule has 0 fully saturated rings. The highest BCUT2D eigenvalue weighted by Crippen LogP contribution is 2.21. The molecule has 1 atom stereocenters. The van der Waals surface area contributed by atoms with Crippen molar-refractivity contribution in [2.75, 3.05) is 0 Å². The molecule has 0 saturated carbocycles. The Labute approximate surface area is 166 Å². The molecule has 0 saturated heterocycles. The number of aryl methyl sites for hydroxylation is 1. The van der Waals surface area contributed by atoms with Gasteiger partial charge in [-0.25, -0.2) is 14.0 Å². The Balaban J connectivity index is 1.72. The summed E-state index contributed by atoms with van der Waals surface area (Å²) in [5.74, 6) is -2.74. The second-order valence-corrected chi connectivity index (χ2v) is 6.49. The number of rotatable bonds is 5. The van der Waals surface area contributed by atoms with Crippen LogP contribution < -0.4 is 5.73 Å². The molecule has 7 heteroatoms. The van der Waals surface area contributed by atoms with Crippen molar-refractivity contribution in [3.63, 3.8) is 0 Å². The van der Waals surface area contributed by atoms with Gasteiger partial charge in [-0.05, 0) is 23.8 Å². The zero-order valence-electron chi connectivity index (χ0n) is 15.6. The van der Waals surface area contributed by atoms with Gasteiger partial charge in [0.1, 0.15) is 23.5 Å². The molecular weight excluding hydrogens is 373 g/mol. The summed E-state index contributed by atoms with van der Waals surface area (Å²) in [6, 6.07) is 13.8. The summed E-state index contributed by atoms with van der Waals surface area (Å²) in [4.78, 5) is 24.4. The van der Waals surface area contributed by atoms with E-state index in [-0.39, 0.29) is 12.0 Å². The predicted octanol–water partition coefficient (Wildman–Crippen LogP) is 2.86. The number of esters is 2. The zero-order chi connectivity index (χ0) is 21.0. The summed E-state index contributed by atoms with van der Waals surface area (Å²) < 4.78 is 20.4. The van der Waals surface area contributed by atoms with Gasteiger partial charge in [0.25, 0.3) is 0 Å². The lowest BCUT2D eigenvalue weighted by Crippen LogP contribution is -2.35. The Bertz CT molecular complexity index is 1160. The number of carbonyl (C=O) groups excluding carboxylic acids is 2. The molecule has 1 aromatic heterocycles. The number of nitriles is 1. The maximum Gasteiger partial charge on any atom is 0.356 e. The average molecular weight is 391 g/mol. The van der Waals surface area contributed by atoms with Crippen molar-refractivity contribution in [1.29, 1.82) is 5.26 Å². The molecule has 0 aliphatic carbocycles. The van der Waals surface area contributed by atoms with Crippen LogP contribution in [0.2, 0.25) is 0 Å². The third-order valence-electron chi connectivity index (χ3n) is 4.46. The van der Waals surface area contributed by atoms with Crippen molar-refractivity contribution < 1.29 is 18.7 Å². The Morgan fingerprint density at radius 3 is 2.66 bits per heavy atom. The van der Waals surface area contributed by atoms with Gasteiger partial charge in [-0.15, -0.1) is 0 Å². The first-order chi connectivity index (χ1) is 13.9. The van der Waals surface area contributed by atoms with Gasteiger partial charge in [0.15, 0.2) is 0 Å². The van der Waals surface area contributed by atoms with Gasteiger partial charge in [-0.1, -0.05) is 36.4 Å². The number of ether oxygens (including phenoxy) is 1. The number of para-hydroxylation sites is 1. The minimum atomic E-state index is -1.17. The van der Waals surface area contributed by atoms with Gasteiger partial charge in [-0.3, -0.25) is 0 Å². The van der Waals surface area contributed by atoms with E-state index in [4.69, 9.17) is 15.7 Å². The lowest BCUT2D eigenvalue weighted by atomic mass is 10.1. The molecule has 3 rings (SSSR count). The molecule has 6 nitrogen and oxygen atoms in total. The van der Waals surface area contributed by atoms with E-state index in [2.05, 4.69) is 0 Å². The largest absolute Gasteiger partial charge is 0.388 e. The Morgan fingerprint density at radius 1 is 1.24 bits per heavy atom. The molecule has 0 aliphatic heterocycles. The number of nitrogens with two attached hydrogens (primary N) is 1. The van der Waals surface area contributed by atoms with Crippen LogP contribution in [0.4, 0.5) is 4.39 Å². The Kier molecular flexibility index (Phi) is 5.86. The fourth-order valence-corrected chi connectivity index (χ4v) is 3.02. The number of hydrogen-bond acceptors (Lipinski definition) is 5. The molecule has 1 heterocycles. The molecule has 0 aliphatic rings. The summed E-state index contributed by atoms with van der Waals surface area (Å²) in [6.07, 6.45) is 3.05. The number of halogens is 1. The van der Waals surface area contributed by atoms with Crippen LogP contribution in [0.15, 0.2) is 60.3 Å². The molecule has 0 bridgehead atoms. The fourth-order valence-electron chi connectivity index (χ4n) is 3.02. The maximum atomic E-state index is 13.7. The van der Waals surface area contributed by atoms with E-state index < -0.39 is 29.4 Å². The van der Waals surface area contributed by atoms with Gasteiger partial charge in [-0.2, -0.15) is 5.26 Å². The summed E-state index contributed by atoms with van der Waals surface area (Å²) >= 11 is 0. The smallest absolute Gasteiger partial charge is 0.356 e. The third kappa shape index (κ3) is 4.39. The normalized spacial score (nSPS) is 12.4. The minimum absolute atomic E-state index is 0.0357. The van der Waals surface area contributed by atoms with Crippen LogP contribution in [-0.4, -0.2) is 22.5 Å². The number of aromatic nitrogens is 1. The fraction of sp³-hybridized carbons (Fsp3) is 0.136. The molecule has 2 aromatic carbocycles. The van der Waals surface area contributed by atoms with Crippen LogP contribution >= 0.6 is 0 Å². The van der Waals surface area contributed by atoms with E-state index in [1.54, 1.807) is 12.1 Å². The molecule has 0 unspecified atom stereocenters. The van der Waals surface area contributed by atoms with Gasteiger partial charge in [0.05, 0.1) is 0 Å². The summed E-state index contributed by atoms with van der Waals surface area (Å²) in [6.45, 7) is 0. The quantitative estimate of drug-likeness (QED) is 0.312. The first-order valence-corrected chi connectivity index (χ1v) is 8.81. The van der Waals surface area contributed by atoms with Crippen LogP contribution in [0.1, 0.15) is 11.1 Å². The molecule has 3 aromatic rings. The van der Waals surface area contributed by atoms with Crippen LogP contribution in [0.25, 0.3) is 17.0 Å². The standard InChI is InChI=1S/C22H18FN3O3/c1-26-13-16(17-7-3-5-9-20(17)26)11-19(25)22(28)29-21(27)15(12-24)10-14-6-2-4-8-18(14)23/h2-10,13,19H,11,25H2,1H3/t19-/m0/s1. The van der Waals surface area contributed by atoms with E-state index in [0.717, 1.165) is 22.5 Å². The van der Waals surface area contributed by atoms with E-state index in [1.165, 1.54) is 18.2 Å². The van der Waals surface area contributed by atoms with Crippen LogP contribution in [0.5, 0.6) is 0 Å². The second kappa shape index (κ2) is 8.50. The Morgan fingerprint density at radius 2 is 1.93 bits per heavy atom. The minimum Gasteiger partial charge on any atom is -0.388 e. The maximum absolute atomic E-state index is 13.7. The first kappa shape index (κ1) is 20.0. The van der Waals surface area contributed by atoms with E-state index in [0.29, 0.717) is 0 Å². The monoisotopic (exact) mass is 391 g/mol. The first-order valence-electron chi connectivity index (χ1n) is 8.81. The van der Waals surface area contributed by atoms with Crippen molar-refractivity contribution in [2.24, 2.45) is 12.8 Å². The third-order valence-corrected chi connectivity index (χ3v) is 4.46. The van der Waals surface area contributed by atoms with Crippen LogP contribution in [-0.2, 0) is 27.8 Å². The highest BCUT2D eigenvalue weighted by molar-refractivity contribution is 6.03. The highest BCUT2D eigenvalue weighted by Gasteiger charge is 2.23. The number of benzene rings is 2. The number of fused-ring (bicyclic) bond motifs is 1. The summed E-state index contributed by atoms with van der Waals surface area (Å²) in [7, 11) is 1.88. The zero-order valence-corrected chi connectivity index (χ0v) is 15.6. The number of hydrogen-bond donors (Lipinski definition) is 1. The van der Waals surface area contributed by atoms with E-state index in [1.807, 2.05) is 42.1 Å². The van der Waals surface area contributed by atoms with E-state index in [9.17, 15) is 14.0 Å². The summed E-state index contributed by atoms with van der Waals surface area (Å²) in [5.41, 5.74) is 7.27. The topological polar surface area (TPSA) is 98.1 Å². The molecule has 29 heavy (non-hydrogen) atoms. The molecule has 0 spiro atoms. The van der Waals surface area contributed by atoms with Crippen molar-refractivity contribution in [1.82, 2.24) is 4.57 Å². The predicted molar refractivity (Wildman–Crippen MR) is 106 cm³/mol. The Hall–Kier alpha value is -3.76. The van der Waals surface area contributed by atoms with Crippen LogP contribution in [0.3, 0.4) is 0 Å². The molecular formula is C22H18FN3O3. The van der Waals surface area contributed by atoms with Gasteiger partial charge in [0, 0.05) is 36.1 Å². The van der Waals surface area contributed by atoms with Crippen molar-refractivity contribution in [3.05, 3.63) is 77.2 Å². The molecule has 2 N–H and O–H groups in total. The van der Waals surface area contributed by atoms with Gasteiger partial charge >= 0.3 is 11.9 Å². The van der Waals surface area contributed by atoms with Gasteiger partial charge in [0.2, 0.25) is 0 Å². The number of carbonyl (C=O) groups is 2. The van der Waals surface area contributed by atoms with Crippen molar-refractivity contribution in [3.8, 4) is 6.07 Å². The lowest BCUT2D eigenvalue weighted by Gasteiger charge is -2.09.